The van der Waals surface area contributed by atoms with E-state index in [4.69, 9.17) is 0 Å². The Balaban J connectivity index is 1.21. The van der Waals surface area contributed by atoms with E-state index in [1.807, 2.05) is 13.0 Å². The largest absolute Gasteiger partial charge is 0.417 e. The lowest BCUT2D eigenvalue weighted by atomic mass is 9.86. The fourth-order valence-electron chi connectivity index (χ4n) is 5.91. The van der Waals surface area contributed by atoms with Gasteiger partial charge in [-0.1, -0.05) is 6.92 Å². The second-order valence-electron chi connectivity index (χ2n) is 9.69. The van der Waals surface area contributed by atoms with Gasteiger partial charge in [0.15, 0.2) is 0 Å². The predicted octanol–water partition coefficient (Wildman–Crippen LogP) is 6.58. The van der Waals surface area contributed by atoms with E-state index in [1.165, 1.54) is 12.1 Å². The van der Waals surface area contributed by atoms with Gasteiger partial charge < -0.3 is 5.32 Å². The molecule has 5 rings (SSSR count). The zero-order valence-corrected chi connectivity index (χ0v) is 18.6. The summed E-state index contributed by atoms with van der Waals surface area (Å²) in [6.07, 6.45) is 1.95. The Morgan fingerprint density at radius 1 is 1.03 bits per heavy atom. The molecule has 5 atom stereocenters. The number of fused-ring (bicyclic) bond motifs is 2. The maximum atomic E-state index is 13.9. The second-order valence-corrected chi connectivity index (χ2v) is 9.69. The van der Waals surface area contributed by atoms with Crippen LogP contribution in [0.15, 0.2) is 48.8 Å². The predicted molar refractivity (Wildman–Crippen MR) is 120 cm³/mol. The van der Waals surface area contributed by atoms with Crippen LogP contribution in [0.5, 0.6) is 0 Å². The van der Waals surface area contributed by atoms with E-state index >= 15 is 0 Å². The molecule has 2 fully saturated rings. The molecule has 8 heteroatoms. The quantitative estimate of drug-likeness (QED) is 0.437. The van der Waals surface area contributed by atoms with Crippen molar-refractivity contribution in [2.24, 2.45) is 23.7 Å². The number of carbonyl (C=O) groups excluding carboxylic acids is 1. The van der Waals surface area contributed by atoms with Gasteiger partial charge in [0.2, 0.25) is 5.91 Å². The van der Waals surface area contributed by atoms with Gasteiger partial charge in [-0.05, 0) is 91.3 Å². The summed E-state index contributed by atoms with van der Waals surface area (Å²) >= 11 is 0. The smallest absolute Gasteiger partial charge is 0.310 e. The first-order chi connectivity index (χ1) is 16.2. The maximum Gasteiger partial charge on any atom is 0.417 e. The summed E-state index contributed by atoms with van der Waals surface area (Å²) in [5.41, 5.74) is 1.10. The zero-order valence-electron chi connectivity index (χ0n) is 18.6. The fourth-order valence-corrected chi connectivity index (χ4v) is 5.91. The summed E-state index contributed by atoms with van der Waals surface area (Å²) in [4.78, 5) is 20.9. The maximum absolute atomic E-state index is 13.9. The standard InChI is InChI=1S/C26H25F4N3O/c1-14(25(34)33-24-5-2-19(13-32-24)26(28,29)30)15-8-16-10-18(11-17(16)9-15)21-6-7-31-23-4-3-20(27)12-22(21)23/h2-7,12-18H,8-11H2,1H3,(H,32,33,34)/t14?,15?,16-,17+,18?. The van der Waals surface area contributed by atoms with Gasteiger partial charge in [0.1, 0.15) is 11.6 Å². The molecule has 3 aromatic rings. The van der Waals surface area contributed by atoms with E-state index < -0.39 is 11.7 Å². The zero-order chi connectivity index (χ0) is 24.0. The molecule has 0 bridgehead atoms. The number of hydrogen-bond acceptors (Lipinski definition) is 3. The van der Waals surface area contributed by atoms with Crippen LogP contribution in [-0.2, 0) is 11.0 Å². The molecule has 2 heterocycles. The highest BCUT2D eigenvalue weighted by Gasteiger charge is 2.44. The van der Waals surface area contributed by atoms with Gasteiger partial charge in [0.25, 0.3) is 0 Å². The van der Waals surface area contributed by atoms with Gasteiger partial charge in [-0.25, -0.2) is 9.37 Å². The minimum atomic E-state index is -4.46. The Bertz CT molecular complexity index is 1200. The third kappa shape index (κ3) is 4.38. The number of halogens is 4. The van der Waals surface area contributed by atoms with Crippen molar-refractivity contribution in [3.8, 4) is 0 Å². The van der Waals surface area contributed by atoms with Gasteiger partial charge in [0.05, 0.1) is 11.1 Å². The average Bonchev–Trinajstić information content (AvgIpc) is 3.37. The first-order valence-corrected chi connectivity index (χ1v) is 11.6. The number of nitrogens with zero attached hydrogens (tertiary/aromatic N) is 2. The normalized spacial score (nSPS) is 25.3. The van der Waals surface area contributed by atoms with Crippen LogP contribution in [0.2, 0.25) is 0 Å². The Hall–Kier alpha value is -3.03. The fraction of sp³-hybridized carbons (Fsp3) is 0.423. The van der Waals surface area contributed by atoms with E-state index in [-0.39, 0.29) is 29.4 Å². The van der Waals surface area contributed by atoms with Gasteiger partial charge in [-0.2, -0.15) is 13.2 Å². The van der Waals surface area contributed by atoms with E-state index in [1.54, 1.807) is 18.3 Å². The Kier molecular flexibility index (Phi) is 5.78. The van der Waals surface area contributed by atoms with Gasteiger partial charge in [-0.3, -0.25) is 9.78 Å². The van der Waals surface area contributed by atoms with Crippen molar-refractivity contribution in [1.29, 1.82) is 0 Å². The lowest BCUT2D eigenvalue weighted by Crippen LogP contribution is -2.26. The van der Waals surface area contributed by atoms with Crippen LogP contribution in [0, 0.1) is 29.5 Å². The third-order valence-corrected chi connectivity index (χ3v) is 7.69. The van der Waals surface area contributed by atoms with Crippen LogP contribution >= 0.6 is 0 Å². The van der Waals surface area contributed by atoms with Crippen molar-refractivity contribution in [2.75, 3.05) is 5.32 Å². The molecule has 1 aromatic carbocycles. The highest BCUT2D eigenvalue weighted by Crippen LogP contribution is 2.54. The molecule has 0 radical (unpaired) electrons. The van der Waals surface area contributed by atoms with Crippen LogP contribution < -0.4 is 5.32 Å². The molecule has 0 aliphatic heterocycles. The van der Waals surface area contributed by atoms with E-state index in [2.05, 4.69) is 15.3 Å². The SMILES string of the molecule is CC(C(=O)Nc1ccc(C(F)(F)F)cn1)C1C[C@H]2CC(c3ccnc4ccc(F)cc34)C[C@H]2C1. The summed E-state index contributed by atoms with van der Waals surface area (Å²) in [7, 11) is 0. The molecule has 0 spiro atoms. The monoisotopic (exact) mass is 471 g/mol. The minimum Gasteiger partial charge on any atom is -0.310 e. The van der Waals surface area contributed by atoms with E-state index in [9.17, 15) is 22.4 Å². The first-order valence-electron chi connectivity index (χ1n) is 11.6. The van der Waals surface area contributed by atoms with Crippen molar-refractivity contribution in [3.63, 3.8) is 0 Å². The van der Waals surface area contributed by atoms with Crippen LogP contribution in [0.1, 0.15) is 49.7 Å². The summed E-state index contributed by atoms with van der Waals surface area (Å²) in [6.45, 7) is 1.88. The number of aromatic nitrogens is 2. The molecule has 34 heavy (non-hydrogen) atoms. The van der Waals surface area contributed by atoms with Crippen molar-refractivity contribution < 1.29 is 22.4 Å². The molecule has 1 amide bonds. The summed E-state index contributed by atoms with van der Waals surface area (Å²) in [5.74, 6) is 0.967. The molecule has 2 saturated carbocycles. The highest BCUT2D eigenvalue weighted by molar-refractivity contribution is 5.91. The van der Waals surface area contributed by atoms with E-state index in [0.717, 1.165) is 54.4 Å². The Labute approximate surface area is 194 Å². The van der Waals surface area contributed by atoms with Crippen LogP contribution in [0.25, 0.3) is 10.9 Å². The molecule has 2 aliphatic carbocycles. The minimum absolute atomic E-state index is 0.125. The molecule has 2 aromatic heterocycles. The molecular weight excluding hydrogens is 446 g/mol. The number of pyridine rings is 2. The molecule has 3 unspecified atom stereocenters. The van der Waals surface area contributed by atoms with Crippen LogP contribution in [0.4, 0.5) is 23.4 Å². The molecule has 0 saturated heterocycles. The number of benzene rings is 1. The lowest BCUT2D eigenvalue weighted by molar-refractivity contribution is -0.137. The van der Waals surface area contributed by atoms with Crippen molar-refractivity contribution >= 4 is 22.6 Å². The first kappa shape index (κ1) is 22.7. The van der Waals surface area contributed by atoms with E-state index in [0.29, 0.717) is 17.8 Å². The molecule has 2 aliphatic rings. The number of carbonyl (C=O) groups is 1. The number of alkyl halides is 3. The summed E-state index contributed by atoms with van der Waals surface area (Å²) in [5, 5.41) is 3.54. The summed E-state index contributed by atoms with van der Waals surface area (Å²) in [6, 6.07) is 8.81. The van der Waals surface area contributed by atoms with Gasteiger partial charge in [0, 0.05) is 23.7 Å². The van der Waals surface area contributed by atoms with Crippen molar-refractivity contribution in [2.45, 2.75) is 44.7 Å². The van der Waals surface area contributed by atoms with Crippen LogP contribution in [0.3, 0.4) is 0 Å². The van der Waals surface area contributed by atoms with Gasteiger partial charge in [-0.15, -0.1) is 0 Å². The van der Waals surface area contributed by atoms with Crippen molar-refractivity contribution in [1.82, 2.24) is 9.97 Å². The number of rotatable bonds is 4. The molecule has 1 N–H and O–H groups in total. The third-order valence-electron chi connectivity index (χ3n) is 7.69. The number of anilines is 1. The number of amides is 1. The van der Waals surface area contributed by atoms with Crippen LogP contribution in [-0.4, -0.2) is 15.9 Å². The molecule has 4 nitrogen and oxygen atoms in total. The van der Waals surface area contributed by atoms with Crippen molar-refractivity contribution in [3.05, 3.63) is 65.7 Å². The number of hydrogen-bond donors (Lipinski definition) is 1. The number of nitrogens with one attached hydrogen (secondary N) is 1. The Morgan fingerprint density at radius 2 is 1.76 bits per heavy atom. The highest BCUT2D eigenvalue weighted by atomic mass is 19.4. The molecule has 178 valence electrons. The Morgan fingerprint density at radius 3 is 2.41 bits per heavy atom. The molecular formula is C26H25F4N3O. The topological polar surface area (TPSA) is 54.9 Å². The lowest BCUT2D eigenvalue weighted by Gasteiger charge is -2.21. The summed E-state index contributed by atoms with van der Waals surface area (Å²) < 4.78 is 52.0. The average molecular weight is 471 g/mol. The second kappa shape index (κ2) is 8.64. The van der Waals surface area contributed by atoms with Gasteiger partial charge >= 0.3 is 6.18 Å².